The molecule has 2 aromatic rings. The Morgan fingerprint density at radius 1 is 1.55 bits per heavy atom. The third kappa shape index (κ3) is 0.958. The first-order chi connectivity index (χ1) is 5.36. The molecule has 2 heterocycles. The van der Waals surface area contributed by atoms with Crippen LogP contribution in [0.25, 0.3) is 11.5 Å². The van der Waals surface area contributed by atoms with Gasteiger partial charge in [-0.25, -0.2) is 4.98 Å². The van der Waals surface area contributed by atoms with Gasteiger partial charge in [0.1, 0.15) is 5.69 Å². The first-order valence-electron chi connectivity index (χ1n) is 3.06. The van der Waals surface area contributed by atoms with Crippen molar-refractivity contribution in [3.05, 3.63) is 24.9 Å². The molecule has 5 heteroatoms. The quantitative estimate of drug-likeness (QED) is 0.591. The van der Waals surface area contributed by atoms with Crippen molar-refractivity contribution in [2.24, 2.45) is 0 Å². The number of hydrogen-bond donors (Lipinski definition) is 1. The molecule has 0 aliphatic heterocycles. The van der Waals surface area contributed by atoms with Crippen LogP contribution in [0.4, 0.5) is 0 Å². The fraction of sp³-hybridized carbons (Fsp3) is 0. The van der Waals surface area contributed by atoms with Gasteiger partial charge in [-0.1, -0.05) is 0 Å². The maximum absolute atomic E-state index is 5.33. The molecule has 11 heavy (non-hydrogen) atoms. The van der Waals surface area contributed by atoms with E-state index in [-0.39, 0.29) is 0 Å². The fourth-order valence-corrected chi connectivity index (χ4v) is 0.812. The second-order valence-electron chi connectivity index (χ2n) is 2.05. The first-order valence-corrected chi connectivity index (χ1v) is 3.06. The average Bonchev–Trinajstić information content (AvgIpc) is 2.55. The minimum atomic E-state index is 0.620. The van der Waals surface area contributed by atoms with Crippen molar-refractivity contribution < 1.29 is 4.42 Å². The summed E-state index contributed by atoms with van der Waals surface area (Å²) < 4.78 is 4.99. The Morgan fingerprint density at radius 2 is 2.45 bits per heavy atom. The van der Waals surface area contributed by atoms with Gasteiger partial charge in [0.25, 0.3) is 0 Å². The van der Waals surface area contributed by atoms with Gasteiger partial charge in [0.15, 0.2) is 12.2 Å². The van der Waals surface area contributed by atoms with Gasteiger partial charge in [0.05, 0.1) is 6.20 Å². The van der Waals surface area contributed by atoms with E-state index < -0.39 is 0 Å². The highest BCUT2D eigenvalue weighted by Crippen LogP contribution is 2.13. The highest BCUT2D eigenvalue weighted by atomic mass is 16.3. The van der Waals surface area contributed by atoms with Gasteiger partial charge in [-0.3, -0.25) is 0 Å². The lowest BCUT2D eigenvalue weighted by atomic mass is 10.4. The molecule has 2 N–H and O–H groups in total. The molecule has 2 aromatic heterocycles. The van der Waals surface area contributed by atoms with E-state index >= 15 is 0 Å². The number of oxazole rings is 1. The number of nitrogens with two attached hydrogens (primary N) is 1. The lowest BCUT2D eigenvalue weighted by molar-refractivity contribution is 0.568. The molecule has 0 fully saturated rings. The van der Waals surface area contributed by atoms with Gasteiger partial charge in [-0.2, -0.15) is 4.79 Å². The summed E-state index contributed by atoms with van der Waals surface area (Å²) in [7, 11) is 0. The smallest absolute Gasteiger partial charge is 0.181 e. The zero-order valence-corrected chi connectivity index (χ0v) is 5.64. The molecule has 0 amide bonds. The molecule has 0 aromatic carbocycles. The Bertz CT molecular complexity index is 337. The predicted octanol–water partition coefficient (Wildman–Crippen LogP) is 0.252. The van der Waals surface area contributed by atoms with Crippen LogP contribution in [0, 0.1) is 0 Å². The highest BCUT2D eigenvalue weighted by molar-refractivity contribution is 5.48. The van der Waals surface area contributed by atoms with Crippen LogP contribution < -0.4 is 5.84 Å². The van der Waals surface area contributed by atoms with E-state index in [1.54, 1.807) is 18.5 Å². The molecule has 56 valence electrons. The Kier molecular flexibility index (Phi) is 1.15. The topological polar surface area (TPSA) is 69.9 Å². The van der Waals surface area contributed by atoms with Gasteiger partial charge < -0.3 is 10.3 Å². The van der Waals surface area contributed by atoms with Crippen LogP contribution in [-0.4, -0.2) is 14.9 Å². The van der Waals surface area contributed by atoms with Gasteiger partial charge in [0, 0.05) is 6.20 Å². The highest BCUT2D eigenvalue weighted by Gasteiger charge is 2.02. The van der Waals surface area contributed by atoms with E-state index in [1.807, 2.05) is 0 Å². The molecule has 2 rings (SSSR count). The summed E-state index contributed by atoms with van der Waals surface area (Å²) in [6.07, 6.45) is 4.57. The summed E-state index contributed by atoms with van der Waals surface area (Å²) in [5, 5.41) is 3.91. The van der Waals surface area contributed by atoms with E-state index in [0.717, 1.165) is 0 Å². The largest absolute Gasteiger partial charge is 0.442 e. The number of nitrogen functional groups attached to an aromatic ring is 1. The van der Waals surface area contributed by atoms with E-state index in [4.69, 9.17) is 10.3 Å². The predicted molar refractivity (Wildman–Crippen MR) is 37.9 cm³/mol. The van der Waals surface area contributed by atoms with E-state index in [1.165, 1.54) is 11.2 Å². The molecular weight excluding hydrogens is 144 g/mol. The van der Waals surface area contributed by atoms with Crippen molar-refractivity contribution in [3.8, 4) is 11.5 Å². The number of nitrogens with zero attached hydrogens (tertiary/aromatic N) is 3. The minimum Gasteiger partial charge on any atom is -0.442 e. The normalized spacial score (nSPS) is 10.2. The van der Waals surface area contributed by atoms with Crippen molar-refractivity contribution in [2.45, 2.75) is 0 Å². The zero-order chi connectivity index (χ0) is 7.68. The van der Waals surface area contributed by atoms with Crippen LogP contribution >= 0.6 is 0 Å². The molecule has 0 aliphatic carbocycles. The van der Waals surface area contributed by atoms with Gasteiger partial charge in [0.2, 0.25) is 0 Å². The molecule has 0 aliphatic rings. The second-order valence-corrected chi connectivity index (χ2v) is 2.05. The number of aromatic nitrogens is 3. The second kappa shape index (κ2) is 2.12. The molecule has 0 unspecified atom stereocenters. The molecule has 5 nitrogen and oxygen atoms in total. The summed E-state index contributed by atoms with van der Waals surface area (Å²) in [5.74, 6) is 5.95. The van der Waals surface area contributed by atoms with E-state index in [2.05, 4.69) is 10.1 Å². The molecule has 0 saturated heterocycles. The van der Waals surface area contributed by atoms with Crippen molar-refractivity contribution in [1.29, 1.82) is 0 Å². The summed E-state index contributed by atoms with van der Waals surface area (Å²) in [5.41, 5.74) is 0.685. The Hall–Kier alpha value is -1.78. The van der Waals surface area contributed by atoms with Crippen molar-refractivity contribution in [1.82, 2.24) is 14.9 Å². The third-order valence-corrected chi connectivity index (χ3v) is 1.29. The monoisotopic (exact) mass is 150 g/mol. The zero-order valence-electron chi connectivity index (χ0n) is 5.64. The number of hydrogen-bond acceptors (Lipinski definition) is 4. The van der Waals surface area contributed by atoms with E-state index in [0.29, 0.717) is 11.5 Å². The number of rotatable bonds is 1. The van der Waals surface area contributed by atoms with Crippen molar-refractivity contribution in [3.63, 3.8) is 0 Å². The molecule has 0 bridgehead atoms. The lowest BCUT2D eigenvalue weighted by Gasteiger charge is -1.85. The Labute approximate surface area is 62.4 Å². The van der Waals surface area contributed by atoms with Crippen LogP contribution in [0.3, 0.4) is 0 Å². The summed E-state index contributed by atoms with van der Waals surface area (Å²) in [6.45, 7) is 0. The molecule has 0 radical (unpaired) electrons. The molecule has 0 atom stereocenters. The first kappa shape index (κ1) is 5.96. The third-order valence-electron chi connectivity index (χ3n) is 1.29. The molecule has 0 saturated carbocycles. The Balaban J connectivity index is 2.45. The van der Waals surface area contributed by atoms with Crippen molar-refractivity contribution >= 4 is 0 Å². The van der Waals surface area contributed by atoms with Gasteiger partial charge in [-0.05, 0) is 6.07 Å². The van der Waals surface area contributed by atoms with Crippen LogP contribution in [-0.2, 0) is 0 Å². The summed E-state index contributed by atoms with van der Waals surface area (Å²) in [6, 6.07) is 1.75. The minimum absolute atomic E-state index is 0.620. The lowest BCUT2D eigenvalue weighted by Crippen LogP contribution is -2.07. The summed E-state index contributed by atoms with van der Waals surface area (Å²) >= 11 is 0. The van der Waals surface area contributed by atoms with Crippen LogP contribution in [0.2, 0.25) is 0 Å². The summed E-state index contributed by atoms with van der Waals surface area (Å²) in [4.78, 5) is 4.97. The van der Waals surface area contributed by atoms with Gasteiger partial charge in [-0.15, -0.1) is 5.10 Å². The SMILES string of the molecule is Nn1ccc(-c2cnco2)n1. The fourth-order valence-electron chi connectivity index (χ4n) is 0.812. The van der Waals surface area contributed by atoms with Gasteiger partial charge >= 0.3 is 0 Å². The molecular formula is C6H6N4O. The Morgan fingerprint density at radius 3 is 3.00 bits per heavy atom. The maximum Gasteiger partial charge on any atom is 0.181 e. The average molecular weight is 150 g/mol. The van der Waals surface area contributed by atoms with E-state index in [9.17, 15) is 0 Å². The molecule has 0 spiro atoms. The van der Waals surface area contributed by atoms with Crippen LogP contribution in [0.15, 0.2) is 29.3 Å². The van der Waals surface area contributed by atoms with Crippen LogP contribution in [0.5, 0.6) is 0 Å². The standard InChI is InChI=1S/C6H6N4O/c7-10-2-1-5(9-10)6-3-8-4-11-6/h1-4H,7H2. The van der Waals surface area contributed by atoms with Crippen molar-refractivity contribution in [2.75, 3.05) is 5.84 Å². The maximum atomic E-state index is 5.33. The van der Waals surface area contributed by atoms with Crippen LogP contribution in [0.1, 0.15) is 0 Å².